The maximum atomic E-state index is 12.0. The number of halogens is 1. The number of carbonyl (C=O) groups is 1. The number of hydrogen-bond donors (Lipinski definition) is 2. The zero-order chi connectivity index (χ0) is 11.8. The Labute approximate surface area is 114 Å². The third kappa shape index (κ3) is 2.47. The van der Waals surface area contributed by atoms with Gasteiger partial charge in [-0.1, -0.05) is 13.3 Å². The van der Waals surface area contributed by atoms with E-state index in [0.29, 0.717) is 5.71 Å². The summed E-state index contributed by atoms with van der Waals surface area (Å²) in [6.07, 6.45) is 4.02. The first-order valence-electron chi connectivity index (χ1n) is 6.60. The van der Waals surface area contributed by atoms with Crippen LogP contribution in [0.3, 0.4) is 0 Å². The van der Waals surface area contributed by atoms with Crippen molar-refractivity contribution in [3.63, 3.8) is 0 Å². The molecule has 0 bridgehead atoms. The van der Waals surface area contributed by atoms with Crippen LogP contribution >= 0.6 is 12.4 Å². The summed E-state index contributed by atoms with van der Waals surface area (Å²) in [5.41, 5.74) is 6.52. The summed E-state index contributed by atoms with van der Waals surface area (Å²) >= 11 is 0. The SMILES string of the molecule is CC1CNN=C1C(=O)NN1CC2CCCC2C1.Cl. The van der Waals surface area contributed by atoms with Gasteiger partial charge < -0.3 is 5.43 Å². The lowest BCUT2D eigenvalue weighted by Crippen LogP contribution is -2.45. The molecule has 3 unspecified atom stereocenters. The van der Waals surface area contributed by atoms with Crippen molar-refractivity contribution in [2.45, 2.75) is 26.2 Å². The Bertz CT molecular complexity index is 348. The molecule has 2 fully saturated rings. The molecule has 3 aliphatic rings. The van der Waals surface area contributed by atoms with Gasteiger partial charge in [0.15, 0.2) is 0 Å². The first-order chi connectivity index (χ1) is 8.24. The van der Waals surface area contributed by atoms with Gasteiger partial charge in [0.1, 0.15) is 5.71 Å². The van der Waals surface area contributed by atoms with Gasteiger partial charge in [0.05, 0.1) is 0 Å². The lowest BCUT2D eigenvalue weighted by Gasteiger charge is -2.18. The molecule has 2 aliphatic heterocycles. The number of nitrogens with zero attached hydrogens (tertiary/aromatic N) is 2. The van der Waals surface area contributed by atoms with Crippen LogP contribution in [-0.4, -0.2) is 36.3 Å². The first kappa shape index (κ1) is 13.6. The zero-order valence-electron chi connectivity index (χ0n) is 10.7. The van der Waals surface area contributed by atoms with Crippen LogP contribution in [0.1, 0.15) is 26.2 Å². The molecule has 1 aliphatic carbocycles. The third-order valence-corrected chi connectivity index (χ3v) is 4.28. The van der Waals surface area contributed by atoms with Crippen molar-refractivity contribution in [3.05, 3.63) is 0 Å². The van der Waals surface area contributed by atoms with E-state index in [-0.39, 0.29) is 24.2 Å². The van der Waals surface area contributed by atoms with Crippen molar-refractivity contribution < 1.29 is 4.79 Å². The summed E-state index contributed by atoms with van der Waals surface area (Å²) in [7, 11) is 0. The fraction of sp³-hybridized carbons (Fsp3) is 0.833. The molecule has 1 amide bonds. The van der Waals surface area contributed by atoms with E-state index in [0.717, 1.165) is 31.5 Å². The topological polar surface area (TPSA) is 56.7 Å². The molecule has 5 nitrogen and oxygen atoms in total. The van der Waals surface area contributed by atoms with E-state index in [9.17, 15) is 4.79 Å². The average Bonchev–Trinajstić information content (AvgIpc) is 2.92. The molecule has 2 heterocycles. The predicted octanol–water partition coefficient (Wildman–Crippen LogP) is 0.767. The van der Waals surface area contributed by atoms with Crippen LogP contribution in [0.25, 0.3) is 0 Å². The quantitative estimate of drug-likeness (QED) is 0.781. The van der Waals surface area contributed by atoms with Crippen molar-refractivity contribution in [2.24, 2.45) is 22.9 Å². The molecule has 3 atom stereocenters. The molecule has 3 rings (SSSR count). The smallest absolute Gasteiger partial charge is 0.282 e. The summed E-state index contributed by atoms with van der Waals surface area (Å²) < 4.78 is 0. The Morgan fingerprint density at radius 3 is 2.61 bits per heavy atom. The lowest BCUT2D eigenvalue weighted by atomic mass is 10.0. The Balaban J connectivity index is 0.00000120. The van der Waals surface area contributed by atoms with Crippen molar-refractivity contribution in [2.75, 3.05) is 19.6 Å². The molecule has 0 radical (unpaired) electrons. The van der Waals surface area contributed by atoms with Crippen molar-refractivity contribution >= 4 is 24.0 Å². The average molecular weight is 273 g/mol. The number of amides is 1. The largest absolute Gasteiger partial charge is 0.309 e. The standard InChI is InChI=1S/C12H20N4O.ClH/c1-8-5-13-14-11(8)12(17)15-16-6-9-3-2-4-10(9)7-16;/h8-10,13H,2-7H2,1H3,(H,15,17);1H. The highest BCUT2D eigenvalue weighted by Gasteiger charge is 2.37. The molecule has 2 N–H and O–H groups in total. The van der Waals surface area contributed by atoms with Crippen LogP contribution in [0.2, 0.25) is 0 Å². The van der Waals surface area contributed by atoms with Gasteiger partial charge >= 0.3 is 0 Å². The van der Waals surface area contributed by atoms with Gasteiger partial charge in [-0.25, -0.2) is 5.01 Å². The van der Waals surface area contributed by atoms with Gasteiger partial charge in [0.2, 0.25) is 0 Å². The predicted molar refractivity (Wildman–Crippen MR) is 72.4 cm³/mol. The van der Waals surface area contributed by atoms with Crippen molar-refractivity contribution in [1.82, 2.24) is 15.9 Å². The van der Waals surface area contributed by atoms with Crippen LogP contribution < -0.4 is 10.9 Å². The fourth-order valence-corrected chi connectivity index (χ4v) is 3.28. The van der Waals surface area contributed by atoms with Crippen molar-refractivity contribution in [3.8, 4) is 0 Å². The van der Waals surface area contributed by atoms with Crippen LogP contribution in [0.5, 0.6) is 0 Å². The Kier molecular flexibility index (Phi) is 4.12. The van der Waals surface area contributed by atoms with Gasteiger partial charge in [0.25, 0.3) is 5.91 Å². The number of fused-ring (bicyclic) bond motifs is 1. The normalized spacial score (nSPS) is 34.5. The maximum absolute atomic E-state index is 12.0. The Hall–Kier alpha value is -0.810. The number of hydrazine groups is 1. The van der Waals surface area contributed by atoms with Crippen LogP contribution in [0.4, 0.5) is 0 Å². The van der Waals surface area contributed by atoms with E-state index in [1.807, 2.05) is 6.92 Å². The van der Waals surface area contributed by atoms with E-state index < -0.39 is 0 Å². The minimum atomic E-state index is -0.0255. The van der Waals surface area contributed by atoms with E-state index in [2.05, 4.69) is 21.0 Å². The Morgan fingerprint density at radius 1 is 1.39 bits per heavy atom. The minimum absolute atomic E-state index is 0. The summed E-state index contributed by atoms with van der Waals surface area (Å²) in [5, 5.41) is 6.15. The minimum Gasteiger partial charge on any atom is -0.309 e. The highest BCUT2D eigenvalue weighted by Crippen LogP contribution is 2.36. The molecule has 1 saturated heterocycles. The van der Waals surface area contributed by atoms with Crippen LogP contribution in [0, 0.1) is 17.8 Å². The molecular weight excluding hydrogens is 252 g/mol. The summed E-state index contributed by atoms with van der Waals surface area (Å²) in [4.78, 5) is 12.0. The highest BCUT2D eigenvalue weighted by atomic mass is 35.5. The number of hydrazone groups is 1. The van der Waals surface area contributed by atoms with E-state index >= 15 is 0 Å². The number of rotatable bonds is 2. The molecule has 0 aromatic rings. The molecular formula is C12H21ClN4O. The third-order valence-electron chi connectivity index (χ3n) is 4.28. The summed E-state index contributed by atoms with van der Waals surface area (Å²) in [6, 6.07) is 0. The number of hydrogen-bond acceptors (Lipinski definition) is 4. The second kappa shape index (κ2) is 5.45. The molecule has 0 spiro atoms. The second-order valence-electron chi connectivity index (χ2n) is 5.56. The Morgan fingerprint density at radius 2 is 2.06 bits per heavy atom. The van der Waals surface area contributed by atoms with Crippen LogP contribution in [0.15, 0.2) is 5.10 Å². The van der Waals surface area contributed by atoms with Gasteiger partial charge in [0, 0.05) is 25.6 Å². The second-order valence-corrected chi connectivity index (χ2v) is 5.56. The van der Waals surface area contributed by atoms with E-state index in [4.69, 9.17) is 0 Å². The molecule has 0 aromatic heterocycles. The lowest BCUT2D eigenvalue weighted by molar-refractivity contribution is -0.119. The van der Waals surface area contributed by atoms with Crippen LogP contribution in [-0.2, 0) is 4.79 Å². The summed E-state index contributed by atoms with van der Waals surface area (Å²) in [5.74, 6) is 1.80. The van der Waals surface area contributed by atoms with E-state index in [1.54, 1.807) is 0 Å². The first-order valence-corrected chi connectivity index (χ1v) is 6.60. The van der Waals surface area contributed by atoms with Gasteiger partial charge in [-0.3, -0.25) is 10.2 Å². The van der Waals surface area contributed by atoms with Gasteiger partial charge in [-0.2, -0.15) is 5.10 Å². The molecule has 6 heteroatoms. The van der Waals surface area contributed by atoms with Gasteiger partial charge in [-0.05, 0) is 24.7 Å². The number of nitrogens with one attached hydrogen (secondary N) is 2. The van der Waals surface area contributed by atoms with Crippen molar-refractivity contribution in [1.29, 1.82) is 0 Å². The molecule has 1 saturated carbocycles. The molecule has 0 aromatic carbocycles. The van der Waals surface area contributed by atoms with E-state index in [1.165, 1.54) is 19.3 Å². The number of carbonyl (C=O) groups excluding carboxylic acids is 1. The zero-order valence-corrected chi connectivity index (χ0v) is 11.5. The monoisotopic (exact) mass is 272 g/mol. The van der Waals surface area contributed by atoms with Gasteiger partial charge in [-0.15, -0.1) is 12.4 Å². The molecule has 18 heavy (non-hydrogen) atoms. The fourth-order valence-electron chi connectivity index (χ4n) is 3.28. The maximum Gasteiger partial charge on any atom is 0.282 e. The summed E-state index contributed by atoms with van der Waals surface area (Å²) in [6.45, 7) is 4.84. The highest BCUT2D eigenvalue weighted by molar-refractivity contribution is 6.39. The molecule has 102 valence electrons.